The molecule has 0 saturated carbocycles. The first-order chi connectivity index (χ1) is 9.02. The Kier molecular flexibility index (Phi) is 3.66. The number of nitrogen functional groups attached to an aromatic ring is 1. The molecule has 19 heavy (non-hydrogen) atoms. The molecule has 2 heterocycles. The molecule has 0 radical (unpaired) electrons. The van der Waals surface area contributed by atoms with Crippen molar-refractivity contribution in [2.45, 2.75) is 13.8 Å². The average Bonchev–Trinajstić information content (AvgIpc) is 2.38. The van der Waals surface area contributed by atoms with Gasteiger partial charge in [-0.25, -0.2) is 9.97 Å². The highest BCUT2D eigenvalue weighted by Crippen LogP contribution is 2.25. The van der Waals surface area contributed by atoms with Crippen molar-refractivity contribution in [3.8, 4) is 0 Å². The number of hydrogen-bond donors (Lipinski definition) is 2. The zero-order valence-electron chi connectivity index (χ0n) is 10.7. The van der Waals surface area contributed by atoms with Crippen LogP contribution in [0.15, 0.2) is 24.7 Å². The van der Waals surface area contributed by atoms with Crippen molar-refractivity contribution in [1.29, 1.82) is 0 Å². The summed E-state index contributed by atoms with van der Waals surface area (Å²) in [5, 5.41) is 0.534. The van der Waals surface area contributed by atoms with Gasteiger partial charge >= 0.3 is 0 Å². The molecule has 2 aromatic rings. The molecule has 0 bridgehead atoms. The zero-order chi connectivity index (χ0) is 14.0. The average molecular weight is 276 g/mol. The van der Waals surface area contributed by atoms with E-state index < -0.39 is 0 Å². The maximum absolute atomic E-state index is 5.97. The van der Waals surface area contributed by atoms with Crippen LogP contribution < -0.4 is 11.5 Å². The van der Waals surface area contributed by atoms with Crippen molar-refractivity contribution >= 4 is 22.9 Å². The summed E-state index contributed by atoms with van der Waals surface area (Å²) in [4.78, 5) is 12.7. The van der Waals surface area contributed by atoms with E-state index in [1.807, 2.05) is 13.8 Å². The fraction of sp³-hybridized carbons (Fsp3) is 0.154. The third kappa shape index (κ3) is 2.66. The van der Waals surface area contributed by atoms with E-state index in [0.29, 0.717) is 27.8 Å². The number of nitrogens with two attached hydrogens (primary N) is 2. The van der Waals surface area contributed by atoms with E-state index >= 15 is 0 Å². The van der Waals surface area contributed by atoms with Gasteiger partial charge in [-0.3, -0.25) is 4.98 Å². The lowest BCUT2D eigenvalue weighted by molar-refractivity contribution is 1.06. The molecular formula is C13H14ClN5. The van der Waals surface area contributed by atoms with E-state index in [9.17, 15) is 0 Å². The van der Waals surface area contributed by atoms with Crippen LogP contribution in [0.3, 0.4) is 0 Å². The number of nitrogens with zero attached hydrogens (tertiary/aromatic N) is 3. The van der Waals surface area contributed by atoms with Gasteiger partial charge in [0.2, 0.25) is 0 Å². The van der Waals surface area contributed by atoms with Gasteiger partial charge in [0.05, 0.1) is 22.6 Å². The van der Waals surface area contributed by atoms with Gasteiger partial charge in [0, 0.05) is 29.2 Å². The fourth-order valence-corrected chi connectivity index (χ4v) is 1.83. The molecule has 2 aromatic heterocycles. The largest absolute Gasteiger partial charge is 0.404 e. The van der Waals surface area contributed by atoms with Crippen LogP contribution in [0.1, 0.15) is 22.8 Å². The summed E-state index contributed by atoms with van der Waals surface area (Å²) in [7, 11) is 0. The Morgan fingerprint density at radius 2 is 1.95 bits per heavy atom. The van der Waals surface area contributed by atoms with Crippen LogP contribution in [0.2, 0.25) is 5.02 Å². The van der Waals surface area contributed by atoms with Crippen molar-refractivity contribution in [1.82, 2.24) is 15.0 Å². The molecule has 0 atom stereocenters. The highest BCUT2D eigenvalue weighted by molar-refractivity contribution is 6.30. The van der Waals surface area contributed by atoms with E-state index in [2.05, 4.69) is 15.0 Å². The van der Waals surface area contributed by atoms with E-state index in [0.717, 1.165) is 11.3 Å². The number of halogens is 1. The highest BCUT2D eigenvalue weighted by atomic mass is 35.5. The van der Waals surface area contributed by atoms with Gasteiger partial charge in [-0.05, 0) is 19.9 Å². The standard InChI is InChI=1S/C13H14ClN5/c1-7-10(3-9(14)5-17-7)11(4-15)13-18-6-12(16)8(2)19-13/h3-6H,15-16H2,1-2H3/b11-4+. The van der Waals surface area contributed by atoms with Gasteiger partial charge in [0.1, 0.15) is 0 Å². The molecule has 0 spiro atoms. The normalized spacial score (nSPS) is 11.6. The third-order valence-corrected chi connectivity index (χ3v) is 2.98. The lowest BCUT2D eigenvalue weighted by atomic mass is 10.0. The molecule has 6 heteroatoms. The molecule has 0 aliphatic rings. The quantitative estimate of drug-likeness (QED) is 0.875. The summed E-state index contributed by atoms with van der Waals surface area (Å²) in [6.45, 7) is 3.69. The highest BCUT2D eigenvalue weighted by Gasteiger charge is 2.13. The summed E-state index contributed by atoms with van der Waals surface area (Å²) in [5.41, 5.74) is 14.9. The predicted octanol–water partition coefficient (Wildman–Crippen LogP) is 2.07. The lowest BCUT2D eigenvalue weighted by Crippen LogP contribution is -2.04. The third-order valence-electron chi connectivity index (χ3n) is 2.77. The Hall–Kier alpha value is -2.14. The molecule has 0 saturated heterocycles. The Morgan fingerprint density at radius 1 is 1.21 bits per heavy atom. The molecule has 0 aliphatic heterocycles. The van der Waals surface area contributed by atoms with Gasteiger partial charge in [0.15, 0.2) is 5.82 Å². The first-order valence-electron chi connectivity index (χ1n) is 5.67. The van der Waals surface area contributed by atoms with Crippen LogP contribution in [0.25, 0.3) is 5.57 Å². The van der Waals surface area contributed by atoms with Crippen molar-refractivity contribution in [2.24, 2.45) is 5.73 Å². The number of pyridine rings is 1. The van der Waals surface area contributed by atoms with Gasteiger partial charge in [-0.1, -0.05) is 11.6 Å². The predicted molar refractivity (Wildman–Crippen MR) is 76.4 cm³/mol. The van der Waals surface area contributed by atoms with Crippen LogP contribution in [0, 0.1) is 13.8 Å². The van der Waals surface area contributed by atoms with Gasteiger partial charge in [-0.15, -0.1) is 0 Å². The second kappa shape index (κ2) is 5.24. The topological polar surface area (TPSA) is 90.7 Å². The van der Waals surface area contributed by atoms with Crippen LogP contribution in [-0.2, 0) is 0 Å². The first kappa shape index (κ1) is 13.3. The number of rotatable bonds is 2. The van der Waals surface area contributed by atoms with Crippen molar-refractivity contribution in [3.63, 3.8) is 0 Å². The number of aromatic nitrogens is 3. The molecular weight excluding hydrogens is 262 g/mol. The minimum absolute atomic E-state index is 0.501. The lowest BCUT2D eigenvalue weighted by Gasteiger charge is -2.10. The van der Waals surface area contributed by atoms with E-state index in [-0.39, 0.29) is 0 Å². The molecule has 0 unspecified atom stereocenters. The van der Waals surface area contributed by atoms with Gasteiger partial charge < -0.3 is 11.5 Å². The van der Waals surface area contributed by atoms with E-state index in [4.69, 9.17) is 23.1 Å². The SMILES string of the molecule is Cc1nc(/C(=C/N)c2cc(Cl)cnc2C)ncc1N. The van der Waals surface area contributed by atoms with Crippen molar-refractivity contribution in [2.75, 3.05) is 5.73 Å². The zero-order valence-corrected chi connectivity index (χ0v) is 11.4. The second-order valence-corrected chi connectivity index (χ2v) is 4.54. The molecule has 5 nitrogen and oxygen atoms in total. The Labute approximate surface area is 116 Å². The van der Waals surface area contributed by atoms with Crippen LogP contribution in [0.5, 0.6) is 0 Å². The summed E-state index contributed by atoms with van der Waals surface area (Å²) in [6.07, 6.45) is 4.60. The number of aryl methyl sites for hydroxylation is 2. The van der Waals surface area contributed by atoms with E-state index in [1.54, 1.807) is 18.5 Å². The minimum atomic E-state index is 0.501. The fourth-order valence-electron chi connectivity index (χ4n) is 1.67. The molecule has 0 amide bonds. The van der Waals surface area contributed by atoms with Gasteiger partial charge in [0.25, 0.3) is 0 Å². The summed E-state index contributed by atoms with van der Waals surface area (Å²) < 4.78 is 0. The Bertz CT molecular complexity index is 651. The van der Waals surface area contributed by atoms with Crippen molar-refractivity contribution in [3.05, 3.63) is 52.5 Å². The Morgan fingerprint density at radius 3 is 2.58 bits per heavy atom. The maximum atomic E-state index is 5.97. The van der Waals surface area contributed by atoms with Gasteiger partial charge in [-0.2, -0.15) is 0 Å². The maximum Gasteiger partial charge on any atom is 0.161 e. The molecule has 4 N–H and O–H groups in total. The van der Waals surface area contributed by atoms with Crippen LogP contribution in [0.4, 0.5) is 5.69 Å². The summed E-state index contributed by atoms with van der Waals surface area (Å²) in [5.74, 6) is 0.501. The monoisotopic (exact) mass is 275 g/mol. The first-order valence-corrected chi connectivity index (χ1v) is 6.04. The summed E-state index contributed by atoms with van der Waals surface area (Å²) in [6, 6.07) is 1.79. The Balaban J connectivity index is 2.57. The second-order valence-electron chi connectivity index (χ2n) is 4.10. The number of anilines is 1. The molecule has 0 fully saturated rings. The minimum Gasteiger partial charge on any atom is -0.404 e. The molecule has 0 aromatic carbocycles. The van der Waals surface area contributed by atoms with E-state index in [1.165, 1.54) is 6.20 Å². The van der Waals surface area contributed by atoms with Crippen LogP contribution in [-0.4, -0.2) is 15.0 Å². The number of hydrogen-bond acceptors (Lipinski definition) is 5. The van der Waals surface area contributed by atoms with Crippen molar-refractivity contribution < 1.29 is 0 Å². The molecule has 98 valence electrons. The van der Waals surface area contributed by atoms with Crippen LogP contribution >= 0.6 is 11.6 Å². The smallest absolute Gasteiger partial charge is 0.161 e. The molecule has 0 aliphatic carbocycles. The summed E-state index contributed by atoms with van der Waals surface area (Å²) >= 11 is 5.97. The molecule has 2 rings (SSSR count).